The average molecular weight is 171 g/mol. The van der Waals surface area contributed by atoms with Crippen LogP contribution in [0.1, 0.15) is 27.2 Å². The summed E-state index contributed by atoms with van der Waals surface area (Å²) < 4.78 is 4.62. The normalized spacial score (nSPS) is 12.1. The highest BCUT2D eigenvalue weighted by atomic mass is 16.5. The Bertz CT molecular complexity index is 193. The fourth-order valence-corrected chi connectivity index (χ4v) is 1.04. The van der Waals surface area contributed by atoms with E-state index in [1.54, 1.807) is 0 Å². The van der Waals surface area contributed by atoms with Crippen molar-refractivity contribution in [3.8, 4) is 0 Å². The van der Waals surface area contributed by atoms with E-state index in [0.717, 1.165) is 12.0 Å². The van der Waals surface area contributed by atoms with Crippen molar-refractivity contribution in [3.05, 3.63) is 11.1 Å². The van der Waals surface area contributed by atoms with Gasteiger partial charge in [0.1, 0.15) is 0 Å². The first-order chi connectivity index (χ1) is 5.54. The summed E-state index contributed by atoms with van der Waals surface area (Å²) in [4.78, 5) is 11.2. The lowest BCUT2D eigenvalue weighted by molar-refractivity contribution is -0.136. The number of allylic oxidation sites excluding steroid dienone is 1. The second kappa shape index (κ2) is 4.93. The molecule has 0 aliphatic rings. The Morgan fingerprint density at radius 1 is 1.50 bits per heavy atom. The zero-order valence-electron chi connectivity index (χ0n) is 8.18. The summed E-state index contributed by atoms with van der Waals surface area (Å²) in [6.45, 7) is 5.67. The molecule has 0 saturated carbocycles. The van der Waals surface area contributed by atoms with Gasteiger partial charge in [-0.1, -0.05) is 12.5 Å². The van der Waals surface area contributed by atoms with E-state index in [-0.39, 0.29) is 12.0 Å². The highest BCUT2D eigenvalue weighted by Gasteiger charge is 2.17. The summed E-state index contributed by atoms with van der Waals surface area (Å²) >= 11 is 0. The summed E-state index contributed by atoms with van der Waals surface area (Å²) in [7, 11) is 1.37. The maximum absolute atomic E-state index is 11.2. The Balaban J connectivity index is 4.69. The van der Waals surface area contributed by atoms with Crippen LogP contribution in [0.15, 0.2) is 11.1 Å². The first kappa shape index (κ1) is 11.2. The van der Waals surface area contributed by atoms with Crippen molar-refractivity contribution in [1.82, 2.24) is 0 Å². The molecule has 70 valence electrons. The van der Waals surface area contributed by atoms with Crippen LogP contribution in [0.3, 0.4) is 0 Å². The molecule has 0 aliphatic heterocycles. The van der Waals surface area contributed by atoms with Crippen LogP contribution in [-0.4, -0.2) is 19.1 Å². The Morgan fingerprint density at radius 2 is 2.00 bits per heavy atom. The molecule has 0 heterocycles. The van der Waals surface area contributed by atoms with Gasteiger partial charge in [-0.15, -0.1) is 0 Å². The van der Waals surface area contributed by atoms with Gasteiger partial charge < -0.3 is 10.5 Å². The summed E-state index contributed by atoms with van der Waals surface area (Å²) in [5.41, 5.74) is 7.26. The predicted molar refractivity (Wildman–Crippen MR) is 48.7 cm³/mol. The van der Waals surface area contributed by atoms with Crippen molar-refractivity contribution in [2.75, 3.05) is 7.11 Å². The van der Waals surface area contributed by atoms with Crippen molar-refractivity contribution >= 4 is 5.97 Å². The predicted octanol–water partition coefficient (Wildman–Crippen LogP) is 1.23. The molecule has 0 aromatic heterocycles. The van der Waals surface area contributed by atoms with Gasteiger partial charge in [0, 0.05) is 6.04 Å². The number of rotatable bonds is 3. The second-order valence-electron chi connectivity index (χ2n) is 2.92. The van der Waals surface area contributed by atoms with E-state index in [1.165, 1.54) is 7.11 Å². The summed E-state index contributed by atoms with van der Waals surface area (Å²) in [5.74, 6) is -0.315. The number of methoxy groups -OCH3 is 1. The molecule has 12 heavy (non-hydrogen) atoms. The van der Waals surface area contributed by atoms with Crippen LogP contribution in [0.2, 0.25) is 0 Å². The van der Waals surface area contributed by atoms with Gasteiger partial charge in [0.2, 0.25) is 0 Å². The first-order valence-corrected chi connectivity index (χ1v) is 4.05. The highest BCUT2D eigenvalue weighted by Crippen LogP contribution is 2.11. The van der Waals surface area contributed by atoms with E-state index in [2.05, 4.69) is 4.74 Å². The molecule has 0 spiro atoms. The van der Waals surface area contributed by atoms with Gasteiger partial charge in [-0.25, -0.2) is 4.79 Å². The number of esters is 1. The van der Waals surface area contributed by atoms with Crippen LogP contribution >= 0.6 is 0 Å². The summed E-state index contributed by atoms with van der Waals surface area (Å²) in [5, 5.41) is 0. The number of ether oxygens (including phenoxy) is 1. The smallest absolute Gasteiger partial charge is 0.335 e. The SMILES string of the molecule is CCC(N)C(C(=O)OC)=C(C)C. The zero-order valence-corrected chi connectivity index (χ0v) is 8.18. The fraction of sp³-hybridized carbons (Fsp3) is 0.667. The second-order valence-corrected chi connectivity index (χ2v) is 2.92. The third-order valence-corrected chi connectivity index (χ3v) is 1.75. The number of hydrogen-bond acceptors (Lipinski definition) is 3. The monoisotopic (exact) mass is 171 g/mol. The summed E-state index contributed by atoms with van der Waals surface area (Å²) in [6.07, 6.45) is 0.746. The van der Waals surface area contributed by atoms with E-state index < -0.39 is 0 Å². The van der Waals surface area contributed by atoms with Crippen LogP contribution in [0.5, 0.6) is 0 Å². The molecule has 0 aliphatic carbocycles. The molecule has 3 heteroatoms. The fourth-order valence-electron chi connectivity index (χ4n) is 1.04. The van der Waals surface area contributed by atoms with Crippen molar-refractivity contribution in [3.63, 3.8) is 0 Å². The number of nitrogens with two attached hydrogens (primary N) is 1. The van der Waals surface area contributed by atoms with Gasteiger partial charge in [0.25, 0.3) is 0 Å². The van der Waals surface area contributed by atoms with E-state index in [0.29, 0.717) is 5.57 Å². The molecule has 1 unspecified atom stereocenters. The Labute approximate surface area is 73.6 Å². The van der Waals surface area contributed by atoms with E-state index >= 15 is 0 Å². The summed E-state index contributed by atoms with van der Waals surface area (Å²) in [6, 6.07) is -0.206. The van der Waals surface area contributed by atoms with E-state index in [1.807, 2.05) is 20.8 Å². The van der Waals surface area contributed by atoms with Crippen LogP contribution < -0.4 is 5.73 Å². The number of hydrogen-bond donors (Lipinski definition) is 1. The molecule has 0 bridgehead atoms. The van der Waals surface area contributed by atoms with Crippen molar-refractivity contribution < 1.29 is 9.53 Å². The molecule has 1 atom stereocenters. The molecule has 0 saturated heterocycles. The minimum atomic E-state index is -0.315. The van der Waals surface area contributed by atoms with Crippen LogP contribution in [0.25, 0.3) is 0 Å². The number of carbonyl (C=O) groups is 1. The molecule has 2 N–H and O–H groups in total. The van der Waals surface area contributed by atoms with Crippen molar-refractivity contribution in [2.45, 2.75) is 33.2 Å². The topological polar surface area (TPSA) is 52.3 Å². The molecule has 0 rings (SSSR count). The van der Waals surface area contributed by atoms with E-state index in [4.69, 9.17) is 5.73 Å². The molecule has 0 amide bonds. The molecular formula is C9H17NO2. The molecule has 0 aromatic carbocycles. The number of carbonyl (C=O) groups excluding carboxylic acids is 1. The molecule has 0 fully saturated rings. The molecule has 0 aromatic rings. The Hall–Kier alpha value is -0.830. The minimum Gasteiger partial charge on any atom is -0.466 e. The lowest BCUT2D eigenvalue weighted by Crippen LogP contribution is -2.28. The third kappa shape index (κ3) is 2.66. The highest BCUT2D eigenvalue weighted by molar-refractivity contribution is 5.90. The van der Waals surface area contributed by atoms with Gasteiger partial charge in [0.15, 0.2) is 0 Å². The first-order valence-electron chi connectivity index (χ1n) is 4.05. The standard InChI is InChI=1S/C9H17NO2/c1-5-7(10)8(6(2)3)9(11)12-4/h7H,5,10H2,1-4H3. The van der Waals surface area contributed by atoms with Crippen molar-refractivity contribution in [1.29, 1.82) is 0 Å². The Morgan fingerprint density at radius 3 is 2.25 bits per heavy atom. The van der Waals surface area contributed by atoms with Gasteiger partial charge in [-0.05, 0) is 20.3 Å². The Kier molecular flexibility index (Phi) is 4.59. The maximum atomic E-state index is 11.2. The van der Waals surface area contributed by atoms with Crippen molar-refractivity contribution in [2.24, 2.45) is 5.73 Å². The van der Waals surface area contributed by atoms with Crippen LogP contribution in [0, 0.1) is 0 Å². The van der Waals surface area contributed by atoms with E-state index in [9.17, 15) is 4.79 Å². The van der Waals surface area contributed by atoms with Gasteiger partial charge >= 0.3 is 5.97 Å². The molecule has 3 nitrogen and oxygen atoms in total. The zero-order chi connectivity index (χ0) is 9.72. The van der Waals surface area contributed by atoms with Crippen LogP contribution in [-0.2, 0) is 9.53 Å². The van der Waals surface area contributed by atoms with Gasteiger partial charge in [-0.2, -0.15) is 0 Å². The maximum Gasteiger partial charge on any atom is 0.335 e. The largest absolute Gasteiger partial charge is 0.466 e. The minimum absolute atomic E-state index is 0.206. The molecular weight excluding hydrogens is 154 g/mol. The van der Waals surface area contributed by atoms with Gasteiger partial charge in [-0.3, -0.25) is 0 Å². The lowest BCUT2D eigenvalue weighted by Gasteiger charge is -2.13. The molecule has 0 radical (unpaired) electrons. The third-order valence-electron chi connectivity index (χ3n) is 1.75. The lowest BCUT2D eigenvalue weighted by atomic mass is 10.0. The quantitative estimate of drug-likeness (QED) is 0.513. The van der Waals surface area contributed by atoms with Gasteiger partial charge in [0.05, 0.1) is 12.7 Å². The average Bonchev–Trinajstić information content (AvgIpc) is 2.03. The van der Waals surface area contributed by atoms with Crippen LogP contribution in [0.4, 0.5) is 0 Å².